The van der Waals surface area contributed by atoms with E-state index in [2.05, 4.69) is 22.2 Å². The summed E-state index contributed by atoms with van der Waals surface area (Å²) >= 11 is 0. The number of aryl methyl sites for hydroxylation is 2. The monoisotopic (exact) mass is 265 g/mol. The van der Waals surface area contributed by atoms with Crippen LogP contribution < -0.4 is 5.32 Å². The van der Waals surface area contributed by atoms with E-state index in [0.717, 1.165) is 63.0 Å². The van der Waals surface area contributed by atoms with E-state index in [-0.39, 0.29) is 0 Å². The third-order valence-corrected chi connectivity index (χ3v) is 3.12. The Kier molecular flexibility index (Phi) is 5.54. The smallest absolute Gasteiger partial charge is 0.129 e. The van der Waals surface area contributed by atoms with Gasteiger partial charge in [0, 0.05) is 31.5 Å². The molecule has 0 radical (unpaired) electrons. The van der Waals surface area contributed by atoms with Gasteiger partial charge in [0.15, 0.2) is 0 Å². The van der Waals surface area contributed by atoms with E-state index in [1.165, 1.54) is 0 Å². The third-order valence-electron chi connectivity index (χ3n) is 3.12. The summed E-state index contributed by atoms with van der Waals surface area (Å²) in [5.41, 5.74) is 1.08. The van der Waals surface area contributed by atoms with E-state index in [4.69, 9.17) is 9.47 Å². The van der Waals surface area contributed by atoms with E-state index in [1.807, 2.05) is 13.0 Å². The number of nitrogens with zero attached hydrogens (tertiary/aromatic N) is 2. The molecule has 5 heteroatoms. The highest BCUT2D eigenvalue weighted by Gasteiger charge is 2.15. The van der Waals surface area contributed by atoms with Crippen molar-refractivity contribution < 1.29 is 9.47 Å². The van der Waals surface area contributed by atoms with Crippen LogP contribution in [0, 0.1) is 6.92 Å². The largest absolute Gasteiger partial charge is 0.379 e. The van der Waals surface area contributed by atoms with Crippen LogP contribution in [0.5, 0.6) is 0 Å². The molecule has 0 spiro atoms. The zero-order chi connectivity index (χ0) is 13.5. The predicted octanol–water partition coefficient (Wildman–Crippen LogP) is 1.95. The predicted molar refractivity (Wildman–Crippen MR) is 74.4 cm³/mol. The van der Waals surface area contributed by atoms with Crippen LogP contribution in [0.4, 0.5) is 5.82 Å². The number of ether oxygens (including phenoxy) is 2. The van der Waals surface area contributed by atoms with Gasteiger partial charge in [0.2, 0.25) is 0 Å². The van der Waals surface area contributed by atoms with Crippen molar-refractivity contribution >= 4 is 5.82 Å². The van der Waals surface area contributed by atoms with Crippen molar-refractivity contribution in [2.24, 2.45) is 0 Å². The van der Waals surface area contributed by atoms with Crippen molar-refractivity contribution in [2.75, 3.05) is 31.7 Å². The van der Waals surface area contributed by atoms with Gasteiger partial charge in [0.1, 0.15) is 11.6 Å². The zero-order valence-electron chi connectivity index (χ0n) is 11.8. The first kappa shape index (κ1) is 14.2. The number of aromatic nitrogens is 2. The van der Waals surface area contributed by atoms with Gasteiger partial charge in [0.25, 0.3) is 0 Å². The molecule has 1 N–H and O–H groups in total. The minimum atomic E-state index is 0.299. The molecule has 2 rings (SSSR count). The summed E-state index contributed by atoms with van der Waals surface area (Å²) in [7, 11) is 0. The van der Waals surface area contributed by atoms with E-state index in [0.29, 0.717) is 6.10 Å². The molecule has 0 aromatic carbocycles. The van der Waals surface area contributed by atoms with Gasteiger partial charge in [0.05, 0.1) is 12.7 Å². The van der Waals surface area contributed by atoms with Crippen LogP contribution in [0.25, 0.3) is 0 Å². The summed E-state index contributed by atoms with van der Waals surface area (Å²) in [5, 5.41) is 3.32. The fourth-order valence-corrected chi connectivity index (χ4v) is 2.08. The van der Waals surface area contributed by atoms with Crippen molar-refractivity contribution in [3.63, 3.8) is 0 Å². The molecule has 2 heterocycles. The maximum Gasteiger partial charge on any atom is 0.129 e. The van der Waals surface area contributed by atoms with Gasteiger partial charge in [-0.15, -0.1) is 0 Å². The van der Waals surface area contributed by atoms with Gasteiger partial charge in [-0.3, -0.25) is 0 Å². The van der Waals surface area contributed by atoms with Crippen LogP contribution >= 0.6 is 0 Å². The average Bonchev–Trinajstić information content (AvgIpc) is 2.91. The van der Waals surface area contributed by atoms with Crippen LogP contribution in [0.2, 0.25) is 0 Å². The molecule has 0 bridgehead atoms. The molecule has 1 fully saturated rings. The van der Waals surface area contributed by atoms with E-state index in [9.17, 15) is 0 Å². The Bertz CT molecular complexity index is 392. The van der Waals surface area contributed by atoms with Crippen LogP contribution in [0.15, 0.2) is 6.07 Å². The Balaban J connectivity index is 1.66. The van der Waals surface area contributed by atoms with Crippen molar-refractivity contribution in [1.29, 1.82) is 0 Å². The van der Waals surface area contributed by atoms with Gasteiger partial charge in [-0.05, 0) is 26.2 Å². The van der Waals surface area contributed by atoms with Gasteiger partial charge in [-0.1, -0.05) is 6.92 Å². The molecule has 0 aliphatic carbocycles. The first-order valence-electron chi connectivity index (χ1n) is 7.05. The third kappa shape index (κ3) is 4.76. The van der Waals surface area contributed by atoms with E-state index in [1.54, 1.807) is 0 Å². The molecule has 19 heavy (non-hydrogen) atoms. The first-order chi connectivity index (χ1) is 9.28. The van der Waals surface area contributed by atoms with Crippen LogP contribution in [0.1, 0.15) is 31.3 Å². The topological polar surface area (TPSA) is 56.3 Å². The Morgan fingerprint density at radius 2 is 2.37 bits per heavy atom. The summed E-state index contributed by atoms with van der Waals surface area (Å²) in [6.07, 6.45) is 3.23. The maximum absolute atomic E-state index is 5.71. The van der Waals surface area contributed by atoms with Gasteiger partial charge in [-0.2, -0.15) is 0 Å². The number of hydrogen-bond donors (Lipinski definition) is 1. The van der Waals surface area contributed by atoms with Crippen LogP contribution in [0.3, 0.4) is 0 Å². The molecule has 106 valence electrons. The summed E-state index contributed by atoms with van der Waals surface area (Å²) in [5.74, 6) is 1.73. The maximum atomic E-state index is 5.71. The highest BCUT2D eigenvalue weighted by Crippen LogP contribution is 2.09. The molecule has 1 aromatic rings. The lowest BCUT2D eigenvalue weighted by Gasteiger charge is -2.11. The normalized spacial score (nSPS) is 18.7. The highest BCUT2D eigenvalue weighted by molar-refractivity contribution is 5.35. The number of anilines is 1. The molecule has 1 aliphatic rings. The lowest BCUT2D eigenvalue weighted by molar-refractivity contribution is 0.0427. The summed E-state index contributed by atoms with van der Waals surface area (Å²) < 4.78 is 11.0. The van der Waals surface area contributed by atoms with Crippen molar-refractivity contribution in [1.82, 2.24) is 9.97 Å². The van der Waals surface area contributed by atoms with E-state index >= 15 is 0 Å². The Hall–Kier alpha value is -1.20. The lowest BCUT2D eigenvalue weighted by Crippen LogP contribution is -2.15. The average molecular weight is 265 g/mol. The van der Waals surface area contributed by atoms with Crippen LogP contribution in [-0.2, 0) is 15.9 Å². The molecule has 0 saturated carbocycles. The van der Waals surface area contributed by atoms with Crippen molar-refractivity contribution in [3.05, 3.63) is 17.6 Å². The fourth-order valence-electron chi connectivity index (χ4n) is 2.08. The SMILES string of the molecule is CCc1cc(NCCCOC2CCOC2)nc(C)n1. The molecule has 5 nitrogen and oxygen atoms in total. The number of hydrogen-bond acceptors (Lipinski definition) is 5. The van der Waals surface area contributed by atoms with Crippen molar-refractivity contribution in [3.8, 4) is 0 Å². The minimum Gasteiger partial charge on any atom is -0.379 e. The standard InChI is InChI=1S/C14H23N3O2/c1-3-12-9-14(17-11(2)16-12)15-6-4-7-19-13-5-8-18-10-13/h9,13H,3-8,10H2,1-2H3,(H,15,16,17). The zero-order valence-corrected chi connectivity index (χ0v) is 11.8. The Labute approximate surface area is 114 Å². The second kappa shape index (κ2) is 7.40. The molecule has 0 amide bonds. The second-order valence-electron chi connectivity index (χ2n) is 4.78. The molecular weight excluding hydrogens is 242 g/mol. The summed E-state index contributed by atoms with van der Waals surface area (Å²) in [4.78, 5) is 8.73. The quantitative estimate of drug-likeness (QED) is 0.764. The molecule has 1 aliphatic heterocycles. The second-order valence-corrected chi connectivity index (χ2v) is 4.78. The number of rotatable bonds is 7. The molecule has 1 aromatic heterocycles. The highest BCUT2D eigenvalue weighted by atomic mass is 16.5. The molecular formula is C14H23N3O2. The van der Waals surface area contributed by atoms with E-state index < -0.39 is 0 Å². The van der Waals surface area contributed by atoms with Crippen LogP contribution in [-0.4, -0.2) is 42.4 Å². The Morgan fingerprint density at radius 1 is 1.47 bits per heavy atom. The molecule has 1 unspecified atom stereocenters. The van der Waals surface area contributed by atoms with Crippen molar-refractivity contribution in [2.45, 2.75) is 39.2 Å². The number of nitrogens with one attached hydrogen (secondary N) is 1. The Morgan fingerprint density at radius 3 is 3.11 bits per heavy atom. The van der Waals surface area contributed by atoms with Gasteiger partial charge < -0.3 is 14.8 Å². The molecule has 1 atom stereocenters. The summed E-state index contributed by atoms with van der Waals surface area (Å²) in [6, 6.07) is 2.01. The van der Waals surface area contributed by atoms with Gasteiger partial charge in [-0.25, -0.2) is 9.97 Å². The molecule has 1 saturated heterocycles. The van der Waals surface area contributed by atoms with Gasteiger partial charge >= 0.3 is 0 Å². The lowest BCUT2D eigenvalue weighted by atomic mass is 10.3. The summed E-state index contributed by atoms with van der Waals surface area (Å²) in [6.45, 7) is 7.25. The first-order valence-corrected chi connectivity index (χ1v) is 7.05. The minimum absolute atomic E-state index is 0.299. The fraction of sp³-hybridized carbons (Fsp3) is 0.714.